The number of hydrogen-bond acceptors (Lipinski definition) is 3. The second-order valence-electron chi connectivity index (χ2n) is 3.64. The van der Waals surface area contributed by atoms with E-state index in [0.717, 1.165) is 29.8 Å². The van der Waals surface area contributed by atoms with Gasteiger partial charge in [-0.1, -0.05) is 0 Å². The van der Waals surface area contributed by atoms with E-state index in [1.54, 1.807) is 18.4 Å². The second kappa shape index (κ2) is 9.16. The van der Waals surface area contributed by atoms with Crippen LogP contribution in [0.4, 0.5) is 0 Å². The van der Waals surface area contributed by atoms with E-state index >= 15 is 0 Å². The highest BCUT2D eigenvalue weighted by Gasteiger charge is 2.07. The van der Waals surface area contributed by atoms with Crippen LogP contribution in [0.1, 0.15) is 17.1 Å². The minimum Gasteiger partial charge on any atom is -0.355 e. The number of thiazole rings is 1. The van der Waals surface area contributed by atoms with Crippen molar-refractivity contribution in [3.05, 3.63) is 16.1 Å². The van der Waals surface area contributed by atoms with Crippen LogP contribution in [-0.4, -0.2) is 36.5 Å². The van der Waals surface area contributed by atoms with Crippen LogP contribution in [0.15, 0.2) is 10.4 Å². The van der Waals surface area contributed by atoms with Crippen LogP contribution < -0.4 is 5.32 Å². The van der Waals surface area contributed by atoms with Gasteiger partial charge in [-0.25, -0.2) is 4.98 Å². The maximum atomic E-state index is 5.21. The van der Waals surface area contributed by atoms with E-state index in [-0.39, 0.29) is 24.0 Å². The molecule has 0 aliphatic heterocycles. The highest BCUT2D eigenvalue weighted by atomic mass is 127. The topological polar surface area (TPSA) is 40.5 Å². The number of rotatable bonds is 4. The molecular formula is C12H19IN4S. The van der Waals surface area contributed by atoms with Gasteiger partial charge in [0.15, 0.2) is 5.96 Å². The SMILES string of the molecule is C#CCCNC(=NC)N(C)Cc1csc(C)n1.I. The molecule has 0 atom stereocenters. The lowest BCUT2D eigenvalue weighted by atomic mass is 10.4. The fourth-order valence-corrected chi connectivity index (χ4v) is 2.03. The fourth-order valence-electron chi connectivity index (χ4n) is 1.43. The summed E-state index contributed by atoms with van der Waals surface area (Å²) >= 11 is 1.66. The van der Waals surface area contributed by atoms with Crippen LogP contribution >= 0.6 is 35.3 Å². The number of halogens is 1. The number of nitrogens with one attached hydrogen (secondary N) is 1. The number of aryl methyl sites for hydroxylation is 1. The first-order chi connectivity index (χ1) is 8.17. The standard InChI is InChI=1S/C12H18N4S.HI/c1-5-6-7-14-12(13-3)16(4)8-11-9-17-10(2)15-11;/h1,9H,6-8H2,2-4H3,(H,13,14);1H. The van der Waals surface area contributed by atoms with Crippen LogP contribution in [0.3, 0.4) is 0 Å². The van der Waals surface area contributed by atoms with Gasteiger partial charge in [-0.2, -0.15) is 0 Å². The molecule has 1 aromatic rings. The van der Waals surface area contributed by atoms with Crippen molar-refractivity contribution in [1.82, 2.24) is 15.2 Å². The van der Waals surface area contributed by atoms with Crippen molar-refractivity contribution in [2.45, 2.75) is 19.9 Å². The van der Waals surface area contributed by atoms with E-state index in [2.05, 4.69) is 26.6 Å². The lowest BCUT2D eigenvalue weighted by Crippen LogP contribution is -2.38. The first-order valence-corrected chi connectivity index (χ1v) is 6.31. The molecule has 0 saturated heterocycles. The van der Waals surface area contributed by atoms with E-state index in [0.29, 0.717) is 6.42 Å². The molecule has 6 heteroatoms. The Morgan fingerprint density at radius 3 is 2.89 bits per heavy atom. The van der Waals surface area contributed by atoms with E-state index < -0.39 is 0 Å². The smallest absolute Gasteiger partial charge is 0.193 e. The van der Waals surface area contributed by atoms with E-state index in [4.69, 9.17) is 6.42 Å². The lowest BCUT2D eigenvalue weighted by molar-refractivity contribution is 0.472. The van der Waals surface area contributed by atoms with Gasteiger partial charge in [0.05, 0.1) is 17.2 Å². The Hall–Kier alpha value is -0.810. The van der Waals surface area contributed by atoms with Gasteiger partial charge in [-0.3, -0.25) is 4.99 Å². The van der Waals surface area contributed by atoms with Crippen molar-refractivity contribution >= 4 is 41.3 Å². The molecule has 0 bridgehead atoms. The maximum absolute atomic E-state index is 5.21. The number of hydrogen-bond donors (Lipinski definition) is 1. The Balaban J connectivity index is 0.00000289. The van der Waals surface area contributed by atoms with Crippen molar-refractivity contribution in [3.63, 3.8) is 0 Å². The van der Waals surface area contributed by atoms with Gasteiger partial charge in [0.2, 0.25) is 0 Å². The molecular weight excluding hydrogens is 359 g/mol. The first kappa shape index (κ1) is 17.2. The van der Waals surface area contributed by atoms with Gasteiger partial charge >= 0.3 is 0 Å². The Bertz CT molecular complexity index is 422. The normalized spacial score (nSPS) is 10.4. The number of guanidine groups is 1. The van der Waals surface area contributed by atoms with Crippen molar-refractivity contribution in [3.8, 4) is 12.3 Å². The monoisotopic (exact) mass is 378 g/mol. The molecule has 4 nitrogen and oxygen atoms in total. The molecule has 0 amide bonds. The molecule has 0 spiro atoms. The van der Waals surface area contributed by atoms with Gasteiger partial charge in [0.25, 0.3) is 0 Å². The number of aromatic nitrogens is 1. The van der Waals surface area contributed by atoms with Gasteiger partial charge in [0, 0.05) is 32.4 Å². The highest BCUT2D eigenvalue weighted by molar-refractivity contribution is 14.0. The minimum atomic E-state index is 0. The Morgan fingerprint density at radius 2 is 2.39 bits per heavy atom. The predicted molar refractivity (Wildman–Crippen MR) is 88.5 cm³/mol. The summed E-state index contributed by atoms with van der Waals surface area (Å²) in [5, 5.41) is 6.36. The Kier molecular flexibility index (Phi) is 8.75. The molecule has 100 valence electrons. The fraction of sp³-hybridized carbons (Fsp3) is 0.500. The molecule has 0 radical (unpaired) electrons. The minimum absolute atomic E-state index is 0. The summed E-state index contributed by atoms with van der Waals surface area (Å²) in [7, 11) is 3.75. The summed E-state index contributed by atoms with van der Waals surface area (Å²) in [5.74, 6) is 3.43. The zero-order valence-electron chi connectivity index (χ0n) is 10.9. The van der Waals surface area contributed by atoms with Gasteiger partial charge < -0.3 is 10.2 Å². The second-order valence-corrected chi connectivity index (χ2v) is 4.70. The summed E-state index contributed by atoms with van der Waals surface area (Å²) in [5.41, 5.74) is 1.06. The molecule has 0 fully saturated rings. The van der Waals surface area contributed by atoms with Crippen molar-refractivity contribution in [1.29, 1.82) is 0 Å². The molecule has 0 aliphatic carbocycles. The molecule has 1 heterocycles. The summed E-state index contributed by atoms with van der Waals surface area (Å²) in [6, 6.07) is 0. The third kappa shape index (κ3) is 5.69. The van der Waals surface area contributed by atoms with Crippen LogP contribution in [0.5, 0.6) is 0 Å². The lowest BCUT2D eigenvalue weighted by Gasteiger charge is -2.20. The van der Waals surface area contributed by atoms with E-state index in [1.165, 1.54) is 0 Å². The number of nitrogens with zero attached hydrogens (tertiary/aromatic N) is 3. The average Bonchev–Trinajstić information content (AvgIpc) is 2.70. The summed E-state index contributed by atoms with van der Waals surface area (Å²) in [6.07, 6.45) is 5.90. The molecule has 18 heavy (non-hydrogen) atoms. The molecule has 0 saturated carbocycles. The van der Waals surface area contributed by atoms with Crippen molar-refractivity contribution in [2.24, 2.45) is 4.99 Å². The summed E-state index contributed by atoms with van der Waals surface area (Å²) in [4.78, 5) is 10.7. The number of terminal acetylenes is 1. The Morgan fingerprint density at radius 1 is 1.67 bits per heavy atom. The highest BCUT2D eigenvalue weighted by Crippen LogP contribution is 2.09. The maximum Gasteiger partial charge on any atom is 0.193 e. The van der Waals surface area contributed by atoms with Gasteiger partial charge in [0.1, 0.15) is 0 Å². The zero-order valence-corrected chi connectivity index (χ0v) is 14.1. The molecule has 1 aromatic heterocycles. The largest absolute Gasteiger partial charge is 0.355 e. The van der Waals surface area contributed by atoms with Crippen LogP contribution in [0, 0.1) is 19.3 Å². The first-order valence-electron chi connectivity index (χ1n) is 5.43. The quantitative estimate of drug-likeness (QED) is 0.287. The average molecular weight is 378 g/mol. The van der Waals surface area contributed by atoms with Crippen LogP contribution in [0.25, 0.3) is 0 Å². The molecule has 0 unspecified atom stereocenters. The summed E-state index contributed by atoms with van der Waals surface area (Å²) in [6.45, 7) is 3.50. The molecule has 0 aromatic carbocycles. The summed E-state index contributed by atoms with van der Waals surface area (Å²) < 4.78 is 0. The molecule has 1 N–H and O–H groups in total. The third-order valence-electron chi connectivity index (χ3n) is 2.19. The van der Waals surface area contributed by atoms with E-state index in [1.807, 2.05) is 18.9 Å². The number of aliphatic imine (C=N–C) groups is 1. The van der Waals surface area contributed by atoms with Crippen molar-refractivity contribution in [2.75, 3.05) is 20.6 Å². The van der Waals surface area contributed by atoms with Gasteiger partial charge in [-0.05, 0) is 6.92 Å². The van der Waals surface area contributed by atoms with Crippen LogP contribution in [0.2, 0.25) is 0 Å². The zero-order chi connectivity index (χ0) is 12.7. The van der Waals surface area contributed by atoms with Crippen molar-refractivity contribution < 1.29 is 0 Å². The van der Waals surface area contributed by atoms with Gasteiger partial charge in [-0.15, -0.1) is 47.7 Å². The molecule has 1 rings (SSSR count). The molecule has 0 aliphatic rings. The third-order valence-corrected chi connectivity index (χ3v) is 3.01. The Labute approximate surface area is 130 Å². The predicted octanol–water partition coefficient (Wildman–Crippen LogP) is 2.10. The van der Waals surface area contributed by atoms with E-state index in [9.17, 15) is 0 Å². The van der Waals surface area contributed by atoms with Crippen LogP contribution in [-0.2, 0) is 6.54 Å².